The second kappa shape index (κ2) is 6.15. The number of benzene rings is 1. The Hall–Kier alpha value is -1.40. The molecule has 0 saturated heterocycles. The quantitative estimate of drug-likeness (QED) is 0.937. The Kier molecular flexibility index (Phi) is 4.68. The van der Waals surface area contributed by atoms with Gasteiger partial charge in [-0.1, -0.05) is 31.3 Å². The van der Waals surface area contributed by atoms with Crippen molar-refractivity contribution in [1.29, 1.82) is 0 Å². The number of nitrogens with one attached hydrogen (secondary N) is 1. The van der Waals surface area contributed by atoms with Crippen molar-refractivity contribution in [3.8, 4) is 0 Å². The lowest BCUT2D eigenvalue weighted by atomic mass is 9.89. The maximum absolute atomic E-state index is 13.8. The molecule has 1 aromatic heterocycles. The summed E-state index contributed by atoms with van der Waals surface area (Å²) in [5.41, 5.74) is 1.26. The molecule has 0 amide bonds. The molecule has 0 aliphatic heterocycles. The fourth-order valence-corrected chi connectivity index (χ4v) is 3.15. The normalized spacial score (nSPS) is 13.4. The third-order valence-corrected chi connectivity index (χ3v) is 4.17. The van der Waals surface area contributed by atoms with Gasteiger partial charge in [-0.3, -0.25) is 0 Å². The van der Waals surface area contributed by atoms with Crippen LogP contribution in [0.4, 0.5) is 8.78 Å². The molecule has 0 saturated carbocycles. The van der Waals surface area contributed by atoms with Crippen LogP contribution in [0.3, 0.4) is 0 Å². The van der Waals surface area contributed by atoms with Gasteiger partial charge in [-0.05, 0) is 36.6 Å². The summed E-state index contributed by atoms with van der Waals surface area (Å²) in [6.07, 6.45) is 0.426. The number of likely N-dealkylation sites (N-methyl/N-ethyl adjacent to an activating group) is 1. The van der Waals surface area contributed by atoms with Crippen LogP contribution in [0.1, 0.15) is 42.9 Å². The Bertz CT molecular complexity index is 620. The predicted octanol–water partition coefficient (Wildman–Crippen LogP) is 3.62. The molecule has 0 aliphatic rings. The fraction of sp³-hybridized carbons (Fsp3) is 0.467. The van der Waals surface area contributed by atoms with Crippen LogP contribution in [0.5, 0.6) is 0 Å². The molecule has 114 valence electrons. The average Bonchev–Trinajstić information content (AvgIpc) is 2.87. The third kappa shape index (κ3) is 3.63. The van der Waals surface area contributed by atoms with E-state index in [1.54, 1.807) is 0 Å². The first-order chi connectivity index (χ1) is 9.82. The summed E-state index contributed by atoms with van der Waals surface area (Å²) in [5.74, 6) is -1.09. The van der Waals surface area contributed by atoms with Gasteiger partial charge in [-0.15, -0.1) is 5.10 Å². The maximum atomic E-state index is 13.8. The van der Waals surface area contributed by atoms with Crippen LogP contribution in [-0.2, 0) is 11.8 Å². The zero-order valence-corrected chi connectivity index (χ0v) is 13.4. The third-order valence-electron chi connectivity index (χ3n) is 3.33. The summed E-state index contributed by atoms with van der Waals surface area (Å²) < 4.78 is 30.8. The van der Waals surface area contributed by atoms with E-state index >= 15 is 0 Å². The summed E-state index contributed by atoms with van der Waals surface area (Å²) in [4.78, 5) is 0.994. The van der Waals surface area contributed by atoms with E-state index in [1.165, 1.54) is 23.7 Å². The zero-order chi connectivity index (χ0) is 15.6. The van der Waals surface area contributed by atoms with E-state index in [4.69, 9.17) is 0 Å². The second-order valence-corrected chi connectivity index (χ2v) is 6.80. The van der Waals surface area contributed by atoms with Gasteiger partial charge in [0.1, 0.15) is 11.6 Å². The largest absolute Gasteiger partial charge is 0.312 e. The number of rotatable bonds is 4. The molecule has 1 heterocycles. The van der Waals surface area contributed by atoms with Crippen molar-refractivity contribution < 1.29 is 8.78 Å². The Morgan fingerprint density at radius 3 is 2.57 bits per heavy atom. The van der Waals surface area contributed by atoms with Crippen molar-refractivity contribution in [1.82, 2.24) is 14.9 Å². The second-order valence-electron chi connectivity index (χ2n) is 6.02. The number of aromatic nitrogens is 2. The van der Waals surface area contributed by atoms with Crippen LogP contribution in [-0.4, -0.2) is 16.6 Å². The Morgan fingerprint density at radius 2 is 2.00 bits per heavy atom. The number of hydrogen-bond donors (Lipinski definition) is 1. The number of nitrogens with zero attached hydrogens (tertiary/aromatic N) is 2. The van der Waals surface area contributed by atoms with E-state index in [2.05, 4.69) is 35.7 Å². The van der Waals surface area contributed by atoms with E-state index in [0.717, 1.165) is 16.6 Å². The topological polar surface area (TPSA) is 37.8 Å². The van der Waals surface area contributed by atoms with Gasteiger partial charge in [0.2, 0.25) is 0 Å². The minimum Gasteiger partial charge on any atom is -0.312 e. The summed E-state index contributed by atoms with van der Waals surface area (Å²) in [6, 6.07) is 3.58. The SMILES string of the molecule is CNC(Cc1ccc(F)cc1F)c1snnc1C(C)(C)C. The van der Waals surface area contributed by atoms with Crippen molar-refractivity contribution in [2.24, 2.45) is 0 Å². The van der Waals surface area contributed by atoms with E-state index in [0.29, 0.717) is 12.0 Å². The Morgan fingerprint density at radius 1 is 1.29 bits per heavy atom. The van der Waals surface area contributed by atoms with Crippen molar-refractivity contribution in [2.75, 3.05) is 7.05 Å². The van der Waals surface area contributed by atoms with Gasteiger partial charge in [-0.25, -0.2) is 8.78 Å². The van der Waals surface area contributed by atoms with Crippen LogP contribution < -0.4 is 5.32 Å². The zero-order valence-electron chi connectivity index (χ0n) is 12.6. The van der Waals surface area contributed by atoms with Gasteiger partial charge in [0.15, 0.2) is 0 Å². The fourth-order valence-electron chi connectivity index (χ4n) is 2.18. The van der Waals surface area contributed by atoms with Gasteiger partial charge in [0, 0.05) is 17.5 Å². The molecule has 6 heteroatoms. The average molecular weight is 311 g/mol. The Balaban J connectivity index is 2.31. The first kappa shape index (κ1) is 16.0. The highest BCUT2D eigenvalue weighted by molar-refractivity contribution is 7.05. The minimum atomic E-state index is -0.563. The molecule has 1 atom stereocenters. The highest BCUT2D eigenvalue weighted by atomic mass is 32.1. The van der Waals surface area contributed by atoms with Crippen molar-refractivity contribution in [2.45, 2.75) is 38.6 Å². The molecule has 2 aromatic rings. The van der Waals surface area contributed by atoms with Crippen LogP contribution in [0, 0.1) is 11.6 Å². The van der Waals surface area contributed by atoms with Gasteiger partial charge in [0.25, 0.3) is 0 Å². The molecule has 1 N–H and O–H groups in total. The molecular weight excluding hydrogens is 292 g/mol. The standard InChI is InChI=1S/C15H19F2N3S/c1-15(2,3)14-13(21-20-19-14)12(18-4)7-9-5-6-10(16)8-11(9)17/h5-6,8,12,18H,7H2,1-4H3. The summed E-state index contributed by atoms with van der Waals surface area (Å²) in [5, 5.41) is 7.39. The molecule has 0 spiro atoms. The van der Waals surface area contributed by atoms with Gasteiger partial charge in [-0.2, -0.15) is 0 Å². The number of hydrogen-bond acceptors (Lipinski definition) is 4. The van der Waals surface area contributed by atoms with Crippen LogP contribution in [0.2, 0.25) is 0 Å². The van der Waals surface area contributed by atoms with Gasteiger partial charge in [0.05, 0.1) is 10.6 Å². The maximum Gasteiger partial charge on any atom is 0.129 e. The smallest absolute Gasteiger partial charge is 0.129 e. The van der Waals surface area contributed by atoms with Crippen LogP contribution in [0.25, 0.3) is 0 Å². The predicted molar refractivity (Wildman–Crippen MR) is 80.5 cm³/mol. The lowest BCUT2D eigenvalue weighted by Gasteiger charge is -2.21. The van der Waals surface area contributed by atoms with Crippen molar-refractivity contribution in [3.63, 3.8) is 0 Å². The van der Waals surface area contributed by atoms with E-state index < -0.39 is 11.6 Å². The molecule has 0 bridgehead atoms. The molecule has 2 rings (SSSR count). The monoisotopic (exact) mass is 311 g/mol. The summed E-state index contributed by atoms with van der Waals surface area (Å²) in [6.45, 7) is 6.20. The molecule has 1 aromatic carbocycles. The Labute approximate surface area is 127 Å². The molecule has 1 unspecified atom stereocenters. The van der Waals surface area contributed by atoms with E-state index in [9.17, 15) is 8.78 Å². The van der Waals surface area contributed by atoms with Crippen molar-refractivity contribution in [3.05, 3.63) is 46.0 Å². The minimum absolute atomic E-state index is 0.0980. The van der Waals surface area contributed by atoms with E-state index in [1.807, 2.05) is 7.05 Å². The molecule has 21 heavy (non-hydrogen) atoms. The highest BCUT2D eigenvalue weighted by Crippen LogP contribution is 2.32. The highest BCUT2D eigenvalue weighted by Gasteiger charge is 2.27. The molecule has 0 radical (unpaired) electrons. The van der Waals surface area contributed by atoms with Gasteiger partial charge >= 0.3 is 0 Å². The molecule has 3 nitrogen and oxygen atoms in total. The summed E-state index contributed by atoms with van der Waals surface area (Å²) >= 11 is 1.32. The van der Waals surface area contributed by atoms with Crippen LogP contribution in [0.15, 0.2) is 18.2 Å². The molecule has 0 fully saturated rings. The lowest BCUT2D eigenvalue weighted by Crippen LogP contribution is -2.23. The number of halogens is 2. The molecule has 0 aliphatic carbocycles. The first-order valence-corrected chi connectivity index (χ1v) is 7.54. The van der Waals surface area contributed by atoms with Crippen molar-refractivity contribution >= 4 is 11.5 Å². The lowest BCUT2D eigenvalue weighted by molar-refractivity contribution is 0.518. The van der Waals surface area contributed by atoms with Gasteiger partial charge < -0.3 is 5.32 Å². The summed E-state index contributed by atoms with van der Waals surface area (Å²) in [7, 11) is 1.82. The van der Waals surface area contributed by atoms with Crippen LogP contribution >= 0.6 is 11.5 Å². The first-order valence-electron chi connectivity index (χ1n) is 6.77. The van der Waals surface area contributed by atoms with E-state index in [-0.39, 0.29) is 11.5 Å². The molecular formula is C15H19F2N3S.